The van der Waals surface area contributed by atoms with Gasteiger partial charge >= 0.3 is 0 Å². The first-order valence-corrected chi connectivity index (χ1v) is 12.8. The molecule has 0 fully saturated rings. The number of hydrogen-bond donors (Lipinski definition) is 3. The third-order valence-electron chi connectivity index (χ3n) is 3.85. The monoisotopic (exact) mass is 422 g/mol. The van der Waals surface area contributed by atoms with E-state index in [1.807, 2.05) is 13.8 Å². The molecular formula is C26H67N3. The first-order chi connectivity index (χ1) is 13.7. The predicted octanol–water partition coefficient (Wildman–Crippen LogP) is 8.15. The molecule has 0 aromatic heterocycles. The predicted molar refractivity (Wildman–Crippen MR) is 143 cm³/mol. The molecule has 0 aliphatic carbocycles. The summed E-state index contributed by atoms with van der Waals surface area (Å²) >= 11 is 0. The van der Waals surface area contributed by atoms with Gasteiger partial charge in [-0.05, 0) is 37.9 Å². The lowest BCUT2D eigenvalue weighted by atomic mass is 10.0. The summed E-state index contributed by atoms with van der Waals surface area (Å²) in [5.41, 5.74) is 14.8. The Hall–Kier alpha value is -0.120. The largest absolute Gasteiger partial charge is 0.331 e. The second kappa shape index (κ2) is 56.5. The Balaban J connectivity index is -0.0000000570. The molecule has 0 saturated heterocycles. The van der Waals surface area contributed by atoms with Gasteiger partial charge in [0, 0.05) is 0 Å². The zero-order valence-corrected chi connectivity index (χ0v) is 23.1. The highest BCUT2D eigenvalue weighted by Crippen LogP contribution is 2.05. The summed E-state index contributed by atoms with van der Waals surface area (Å²) in [7, 11) is 0. The second-order valence-electron chi connectivity index (χ2n) is 7.86. The van der Waals surface area contributed by atoms with E-state index >= 15 is 0 Å². The highest BCUT2D eigenvalue weighted by Gasteiger charge is 1.95. The smallest absolute Gasteiger partial charge is 0.00774 e. The van der Waals surface area contributed by atoms with Gasteiger partial charge in [0.15, 0.2) is 0 Å². The third-order valence-corrected chi connectivity index (χ3v) is 3.85. The first kappa shape index (κ1) is 42.9. The SMILES string of the molecule is CC(C)C(C)C.CCCC.CCCCCCCC.CCCCN.CCN.CCN. The van der Waals surface area contributed by atoms with Crippen LogP contribution in [-0.2, 0) is 0 Å². The average Bonchev–Trinajstić information content (AvgIpc) is 2.68. The van der Waals surface area contributed by atoms with E-state index in [-0.39, 0.29) is 0 Å². The Kier molecular flexibility index (Phi) is 83.6. The molecule has 3 heteroatoms. The van der Waals surface area contributed by atoms with Gasteiger partial charge in [0.1, 0.15) is 0 Å². The van der Waals surface area contributed by atoms with Crippen LogP contribution in [0.1, 0.15) is 140 Å². The summed E-state index contributed by atoms with van der Waals surface area (Å²) in [4.78, 5) is 0. The maximum atomic E-state index is 5.14. The fraction of sp³-hybridized carbons (Fsp3) is 1.00. The molecule has 0 atom stereocenters. The van der Waals surface area contributed by atoms with Crippen molar-refractivity contribution in [1.82, 2.24) is 0 Å². The summed E-state index contributed by atoms with van der Waals surface area (Å²) in [5, 5.41) is 0. The lowest BCUT2D eigenvalue weighted by Crippen LogP contribution is -1.95. The van der Waals surface area contributed by atoms with Crippen molar-refractivity contribution in [1.29, 1.82) is 0 Å². The lowest BCUT2D eigenvalue weighted by molar-refractivity contribution is 0.457. The number of rotatable bonds is 9. The lowest BCUT2D eigenvalue weighted by Gasteiger charge is -2.05. The maximum Gasteiger partial charge on any atom is -0.00774 e. The molecule has 0 saturated carbocycles. The summed E-state index contributed by atoms with van der Waals surface area (Å²) in [6.07, 6.45) is 13.5. The topological polar surface area (TPSA) is 78.1 Å². The van der Waals surface area contributed by atoms with Crippen molar-refractivity contribution in [3.63, 3.8) is 0 Å². The third kappa shape index (κ3) is 132. The van der Waals surface area contributed by atoms with Gasteiger partial charge in [-0.3, -0.25) is 0 Å². The van der Waals surface area contributed by atoms with E-state index in [4.69, 9.17) is 17.2 Å². The molecule has 0 amide bonds. The van der Waals surface area contributed by atoms with Crippen LogP contribution in [-0.4, -0.2) is 19.6 Å². The van der Waals surface area contributed by atoms with Crippen LogP contribution in [0, 0.1) is 11.8 Å². The number of nitrogens with two attached hydrogens (primary N) is 3. The summed E-state index contributed by atoms with van der Waals surface area (Å²) in [6, 6.07) is 0. The van der Waals surface area contributed by atoms with Crippen molar-refractivity contribution in [3.8, 4) is 0 Å². The van der Waals surface area contributed by atoms with Crippen molar-refractivity contribution < 1.29 is 0 Å². The Bertz CT molecular complexity index is 153. The second-order valence-corrected chi connectivity index (χ2v) is 7.86. The van der Waals surface area contributed by atoms with Gasteiger partial charge in [0.05, 0.1) is 0 Å². The van der Waals surface area contributed by atoms with Gasteiger partial charge in [0.2, 0.25) is 0 Å². The fourth-order valence-corrected chi connectivity index (χ4v) is 1.06. The standard InChI is InChI=1S/C8H18.C6H14.C4H11N.C4H10.2C2H7N/c1-3-5-7-8-6-4-2;1-5(2)6(3)4;1-2-3-4-5;1-3-4-2;2*1-2-3/h3-8H2,1-2H3;5-6H,1-4H3;2-5H2,1H3;3-4H2,1-2H3;2*2-3H2,1H3. The van der Waals surface area contributed by atoms with E-state index in [2.05, 4.69) is 62.3 Å². The molecule has 29 heavy (non-hydrogen) atoms. The Morgan fingerprint density at radius 2 is 0.655 bits per heavy atom. The van der Waals surface area contributed by atoms with Gasteiger partial charge < -0.3 is 17.2 Å². The minimum atomic E-state index is 0.750. The normalized spacial score (nSPS) is 8.69. The number of hydrogen-bond acceptors (Lipinski definition) is 3. The molecule has 0 bridgehead atoms. The van der Waals surface area contributed by atoms with Crippen LogP contribution >= 0.6 is 0 Å². The van der Waals surface area contributed by atoms with Crippen LogP contribution in [0.3, 0.4) is 0 Å². The van der Waals surface area contributed by atoms with Crippen molar-refractivity contribution in [2.75, 3.05) is 19.6 Å². The van der Waals surface area contributed by atoms with Crippen LogP contribution in [0.15, 0.2) is 0 Å². The molecule has 0 aliphatic heterocycles. The van der Waals surface area contributed by atoms with E-state index in [1.54, 1.807) is 0 Å². The van der Waals surface area contributed by atoms with Gasteiger partial charge in [-0.25, -0.2) is 0 Å². The average molecular weight is 422 g/mol. The summed E-state index contributed by atoms with van der Waals surface area (Å²) in [6.45, 7) is 26.1. The molecule has 0 aliphatic rings. The molecule has 0 aromatic rings. The van der Waals surface area contributed by atoms with E-state index in [0.29, 0.717) is 0 Å². The van der Waals surface area contributed by atoms with Crippen LogP contribution in [0.4, 0.5) is 0 Å². The van der Waals surface area contributed by atoms with Gasteiger partial charge in [-0.2, -0.15) is 0 Å². The van der Waals surface area contributed by atoms with Crippen molar-refractivity contribution in [2.45, 2.75) is 140 Å². The van der Waals surface area contributed by atoms with E-state index < -0.39 is 0 Å². The molecule has 0 aromatic carbocycles. The minimum absolute atomic E-state index is 0.750. The molecule has 0 heterocycles. The number of unbranched alkanes of at least 4 members (excludes halogenated alkanes) is 7. The van der Waals surface area contributed by atoms with Crippen molar-refractivity contribution in [3.05, 3.63) is 0 Å². The fourth-order valence-electron chi connectivity index (χ4n) is 1.06. The first-order valence-electron chi connectivity index (χ1n) is 12.8. The Morgan fingerprint density at radius 3 is 0.724 bits per heavy atom. The van der Waals surface area contributed by atoms with Crippen molar-refractivity contribution in [2.24, 2.45) is 29.0 Å². The Labute approximate surface area is 189 Å². The van der Waals surface area contributed by atoms with Crippen LogP contribution in [0.25, 0.3) is 0 Å². The quantitative estimate of drug-likeness (QED) is 0.328. The molecule has 0 spiro atoms. The zero-order valence-electron chi connectivity index (χ0n) is 23.1. The molecular weight excluding hydrogens is 354 g/mol. The van der Waals surface area contributed by atoms with E-state index in [9.17, 15) is 0 Å². The maximum absolute atomic E-state index is 5.14. The summed E-state index contributed by atoms with van der Waals surface area (Å²) < 4.78 is 0. The molecule has 0 rings (SSSR count). The minimum Gasteiger partial charge on any atom is -0.331 e. The highest BCUT2D eigenvalue weighted by atomic mass is 14.5. The molecule has 6 N–H and O–H groups in total. The van der Waals surface area contributed by atoms with Crippen molar-refractivity contribution >= 4 is 0 Å². The molecule has 186 valence electrons. The highest BCUT2D eigenvalue weighted by molar-refractivity contribution is 4.46. The molecule has 0 radical (unpaired) electrons. The van der Waals surface area contributed by atoms with Crippen LogP contribution < -0.4 is 17.2 Å². The summed E-state index contributed by atoms with van der Waals surface area (Å²) in [5.74, 6) is 1.70. The van der Waals surface area contributed by atoms with E-state index in [0.717, 1.165) is 31.5 Å². The van der Waals surface area contributed by atoms with Gasteiger partial charge in [-0.1, -0.05) is 134 Å². The van der Waals surface area contributed by atoms with Crippen LogP contribution in [0.5, 0.6) is 0 Å². The van der Waals surface area contributed by atoms with Gasteiger partial charge in [-0.15, -0.1) is 0 Å². The van der Waals surface area contributed by atoms with Crippen LogP contribution in [0.2, 0.25) is 0 Å². The Morgan fingerprint density at radius 1 is 0.414 bits per heavy atom. The molecule has 3 nitrogen and oxygen atoms in total. The van der Waals surface area contributed by atoms with E-state index in [1.165, 1.54) is 64.2 Å². The molecule has 0 unspecified atom stereocenters. The zero-order chi connectivity index (χ0) is 24.3. The van der Waals surface area contributed by atoms with Gasteiger partial charge in [0.25, 0.3) is 0 Å².